The van der Waals surface area contributed by atoms with Gasteiger partial charge in [-0.3, -0.25) is 0 Å². The summed E-state index contributed by atoms with van der Waals surface area (Å²) in [4.78, 5) is 3.94. The van der Waals surface area contributed by atoms with E-state index in [1.54, 1.807) is 0 Å². The highest BCUT2D eigenvalue weighted by molar-refractivity contribution is 7.99. The average molecular weight is 199 g/mol. The number of hydrogen-bond donors (Lipinski definition) is 1. The standard InChI is InChI=1S/C8H13N3OS/c1-13-7-2-6(3-7)9-4-8-10-5-12-11-8/h5-7,9H,2-4H2,1H3. The molecular formula is C8H13N3OS. The minimum atomic E-state index is 0.649. The van der Waals surface area contributed by atoms with Crippen molar-refractivity contribution in [2.24, 2.45) is 0 Å². The van der Waals surface area contributed by atoms with Gasteiger partial charge in [0.05, 0.1) is 6.54 Å². The van der Waals surface area contributed by atoms with Crippen LogP contribution in [0.2, 0.25) is 0 Å². The first-order valence-corrected chi connectivity index (χ1v) is 5.68. The van der Waals surface area contributed by atoms with Gasteiger partial charge in [0.2, 0.25) is 6.39 Å². The molecule has 1 fully saturated rings. The zero-order chi connectivity index (χ0) is 9.10. The van der Waals surface area contributed by atoms with E-state index in [0.717, 1.165) is 17.6 Å². The maximum absolute atomic E-state index is 4.64. The van der Waals surface area contributed by atoms with Crippen LogP contribution in [0.1, 0.15) is 18.7 Å². The third kappa shape index (κ3) is 2.22. The van der Waals surface area contributed by atoms with E-state index in [1.165, 1.54) is 19.2 Å². The van der Waals surface area contributed by atoms with Crippen molar-refractivity contribution < 1.29 is 4.52 Å². The van der Waals surface area contributed by atoms with Crippen molar-refractivity contribution in [2.45, 2.75) is 30.7 Å². The molecule has 0 atom stereocenters. The van der Waals surface area contributed by atoms with Gasteiger partial charge in [-0.15, -0.1) is 0 Å². The normalized spacial score (nSPS) is 27.2. The third-order valence-electron chi connectivity index (χ3n) is 2.38. The Hall–Kier alpha value is -0.550. The van der Waals surface area contributed by atoms with Crippen molar-refractivity contribution in [3.8, 4) is 0 Å². The molecule has 1 aromatic heterocycles. The summed E-state index contributed by atoms with van der Waals surface area (Å²) in [7, 11) is 0. The summed E-state index contributed by atoms with van der Waals surface area (Å²) in [6, 6.07) is 0.649. The molecule has 72 valence electrons. The lowest BCUT2D eigenvalue weighted by atomic mass is 9.92. The van der Waals surface area contributed by atoms with E-state index < -0.39 is 0 Å². The molecule has 0 radical (unpaired) electrons. The number of hydrogen-bond acceptors (Lipinski definition) is 5. The molecule has 0 bridgehead atoms. The molecule has 5 heteroatoms. The lowest BCUT2D eigenvalue weighted by Gasteiger charge is -2.34. The van der Waals surface area contributed by atoms with Gasteiger partial charge in [0, 0.05) is 11.3 Å². The minimum Gasteiger partial charge on any atom is -0.343 e. The molecule has 0 amide bonds. The van der Waals surface area contributed by atoms with Gasteiger partial charge in [-0.25, -0.2) is 0 Å². The van der Waals surface area contributed by atoms with Crippen molar-refractivity contribution in [3.05, 3.63) is 12.2 Å². The molecule has 1 N–H and O–H groups in total. The number of nitrogens with zero attached hydrogens (tertiary/aromatic N) is 2. The highest BCUT2D eigenvalue weighted by atomic mass is 32.2. The summed E-state index contributed by atoms with van der Waals surface area (Å²) in [5.41, 5.74) is 0. The van der Waals surface area contributed by atoms with Crippen molar-refractivity contribution in [3.63, 3.8) is 0 Å². The van der Waals surface area contributed by atoms with Crippen molar-refractivity contribution in [1.82, 2.24) is 15.5 Å². The molecule has 1 saturated carbocycles. The van der Waals surface area contributed by atoms with Crippen LogP contribution in [0.15, 0.2) is 10.9 Å². The zero-order valence-corrected chi connectivity index (χ0v) is 8.38. The van der Waals surface area contributed by atoms with Crippen LogP contribution in [0.3, 0.4) is 0 Å². The predicted octanol–water partition coefficient (Wildman–Crippen LogP) is 1.05. The first kappa shape index (κ1) is 9.02. The van der Waals surface area contributed by atoms with Gasteiger partial charge < -0.3 is 9.84 Å². The van der Waals surface area contributed by atoms with Gasteiger partial charge in [0.25, 0.3) is 0 Å². The molecule has 4 nitrogen and oxygen atoms in total. The van der Waals surface area contributed by atoms with Crippen LogP contribution in [0.5, 0.6) is 0 Å². The largest absolute Gasteiger partial charge is 0.343 e. The zero-order valence-electron chi connectivity index (χ0n) is 7.56. The lowest BCUT2D eigenvalue weighted by molar-refractivity contribution is 0.341. The maximum Gasteiger partial charge on any atom is 0.213 e. The second-order valence-electron chi connectivity index (χ2n) is 3.25. The highest BCUT2D eigenvalue weighted by Gasteiger charge is 2.27. The first-order chi connectivity index (χ1) is 6.38. The summed E-state index contributed by atoms with van der Waals surface area (Å²) in [6.45, 7) is 0.724. The summed E-state index contributed by atoms with van der Waals surface area (Å²) in [5.74, 6) is 0.743. The van der Waals surface area contributed by atoms with Gasteiger partial charge in [0.15, 0.2) is 5.82 Å². The van der Waals surface area contributed by atoms with Crippen LogP contribution in [0, 0.1) is 0 Å². The monoisotopic (exact) mass is 199 g/mol. The molecule has 2 rings (SSSR count). The molecule has 1 aromatic rings. The van der Waals surface area contributed by atoms with Crippen LogP contribution in [0.4, 0.5) is 0 Å². The molecular weight excluding hydrogens is 186 g/mol. The Bertz CT molecular complexity index is 246. The fourth-order valence-electron chi connectivity index (χ4n) is 1.43. The van der Waals surface area contributed by atoms with E-state index in [0.29, 0.717) is 6.04 Å². The molecule has 13 heavy (non-hydrogen) atoms. The minimum absolute atomic E-state index is 0.649. The Morgan fingerprint density at radius 1 is 1.69 bits per heavy atom. The Balaban J connectivity index is 1.65. The average Bonchev–Trinajstić information content (AvgIpc) is 2.54. The molecule has 0 spiro atoms. The van der Waals surface area contributed by atoms with Crippen LogP contribution in [-0.2, 0) is 6.54 Å². The molecule has 1 heterocycles. The Morgan fingerprint density at radius 3 is 3.15 bits per heavy atom. The smallest absolute Gasteiger partial charge is 0.213 e. The van der Waals surface area contributed by atoms with Gasteiger partial charge >= 0.3 is 0 Å². The third-order valence-corrected chi connectivity index (χ3v) is 3.44. The molecule has 1 aliphatic rings. The van der Waals surface area contributed by atoms with Gasteiger partial charge in [-0.2, -0.15) is 16.7 Å². The predicted molar refractivity (Wildman–Crippen MR) is 51.5 cm³/mol. The van der Waals surface area contributed by atoms with Gasteiger partial charge in [-0.1, -0.05) is 5.16 Å². The fourth-order valence-corrected chi connectivity index (χ4v) is 2.28. The Morgan fingerprint density at radius 2 is 2.54 bits per heavy atom. The van der Waals surface area contributed by atoms with Crippen molar-refractivity contribution in [2.75, 3.05) is 6.26 Å². The topological polar surface area (TPSA) is 51.0 Å². The second kappa shape index (κ2) is 4.11. The first-order valence-electron chi connectivity index (χ1n) is 4.40. The summed E-state index contributed by atoms with van der Waals surface area (Å²) in [6.07, 6.45) is 6.06. The van der Waals surface area contributed by atoms with Crippen molar-refractivity contribution in [1.29, 1.82) is 0 Å². The second-order valence-corrected chi connectivity index (χ2v) is 4.39. The van der Waals surface area contributed by atoms with E-state index in [2.05, 4.69) is 26.2 Å². The lowest BCUT2D eigenvalue weighted by Crippen LogP contribution is -2.42. The van der Waals surface area contributed by atoms with E-state index in [-0.39, 0.29) is 0 Å². The molecule has 0 aliphatic heterocycles. The number of thioether (sulfide) groups is 1. The summed E-state index contributed by atoms with van der Waals surface area (Å²) >= 11 is 1.95. The van der Waals surface area contributed by atoms with E-state index in [1.807, 2.05) is 11.8 Å². The van der Waals surface area contributed by atoms with E-state index in [9.17, 15) is 0 Å². The SMILES string of the molecule is CSC1CC(NCc2ncon2)C1. The molecule has 0 saturated heterocycles. The number of nitrogens with one attached hydrogen (secondary N) is 1. The van der Waals surface area contributed by atoms with E-state index in [4.69, 9.17) is 0 Å². The molecule has 0 aromatic carbocycles. The fraction of sp³-hybridized carbons (Fsp3) is 0.750. The molecule has 1 aliphatic carbocycles. The van der Waals surface area contributed by atoms with Gasteiger partial charge in [-0.05, 0) is 19.1 Å². The number of aromatic nitrogens is 2. The van der Waals surface area contributed by atoms with Crippen LogP contribution >= 0.6 is 11.8 Å². The van der Waals surface area contributed by atoms with Gasteiger partial charge in [0.1, 0.15) is 0 Å². The Kier molecular flexibility index (Phi) is 2.85. The van der Waals surface area contributed by atoms with Crippen LogP contribution < -0.4 is 5.32 Å². The quantitative estimate of drug-likeness (QED) is 0.785. The van der Waals surface area contributed by atoms with E-state index >= 15 is 0 Å². The summed E-state index contributed by atoms with van der Waals surface area (Å²) in [5, 5.41) is 7.97. The number of rotatable bonds is 4. The van der Waals surface area contributed by atoms with Crippen LogP contribution in [-0.4, -0.2) is 27.7 Å². The summed E-state index contributed by atoms with van der Waals surface area (Å²) < 4.78 is 4.64. The van der Waals surface area contributed by atoms with Crippen molar-refractivity contribution >= 4 is 11.8 Å². The maximum atomic E-state index is 4.64. The Labute approximate surface area is 81.5 Å². The van der Waals surface area contributed by atoms with Crippen LogP contribution in [0.25, 0.3) is 0 Å². The molecule has 0 unspecified atom stereocenters. The highest BCUT2D eigenvalue weighted by Crippen LogP contribution is 2.29.